The molecule has 0 amide bonds. The van der Waals surface area contributed by atoms with Crippen LogP contribution in [0.2, 0.25) is 0 Å². The summed E-state index contributed by atoms with van der Waals surface area (Å²) in [6, 6.07) is 0. The van der Waals surface area contributed by atoms with Crippen LogP contribution in [0.3, 0.4) is 0 Å². The minimum atomic E-state index is 0.0516. The highest BCUT2D eigenvalue weighted by atomic mass is 15.4. The molecule has 0 bridgehead atoms. The van der Waals surface area contributed by atoms with Gasteiger partial charge < -0.3 is 5.73 Å². The van der Waals surface area contributed by atoms with Gasteiger partial charge in [-0.3, -0.25) is 4.68 Å². The molecule has 4 heteroatoms. The lowest BCUT2D eigenvalue weighted by molar-refractivity contribution is 0.655. The van der Waals surface area contributed by atoms with E-state index in [2.05, 4.69) is 10.3 Å². The van der Waals surface area contributed by atoms with Crippen LogP contribution in [0.1, 0.15) is 18.5 Å². The van der Waals surface area contributed by atoms with Gasteiger partial charge in [-0.05, 0) is 12.8 Å². The molecule has 2 rings (SSSR count). The summed E-state index contributed by atoms with van der Waals surface area (Å²) >= 11 is 0. The Kier molecular flexibility index (Phi) is 1.26. The Morgan fingerprint density at radius 3 is 2.91 bits per heavy atom. The molecular formula is C7H12N4. The molecule has 2 N–H and O–H groups in total. The van der Waals surface area contributed by atoms with Crippen LogP contribution >= 0.6 is 0 Å². The average Bonchev–Trinajstić information content (AvgIpc) is 2.49. The van der Waals surface area contributed by atoms with Gasteiger partial charge in [-0.25, -0.2) is 0 Å². The molecule has 60 valence electrons. The minimum Gasteiger partial charge on any atom is -0.325 e. The van der Waals surface area contributed by atoms with Gasteiger partial charge in [0.15, 0.2) is 0 Å². The van der Waals surface area contributed by atoms with Gasteiger partial charge in [-0.2, -0.15) is 0 Å². The topological polar surface area (TPSA) is 56.7 Å². The maximum Gasteiger partial charge on any atom is 0.0845 e. The van der Waals surface area contributed by atoms with Crippen molar-refractivity contribution in [3.05, 3.63) is 11.9 Å². The first-order valence-electron chi connectivity index (χ1n) is 3.82. The SMILES string of the molecule is Cn1cc(CC2(N)CC2)nn1. The first-order chi connectivity index (χ1) is 5.18. The summed E-state index contributed by atoms with van der Waals surface area (Å²) in [5.41, 5.74) is 6.97. The highest BCUT2D eigenvalue weighted by Gasteiger charge is 2.38. The van der Waals surface area contributed by atoms with Crippen molar-refractivity contribution < 1.29 is 0 Å². The van der Waals surface area contributed by atoms with Gasteiger partial charge in [0.2, 0.25) is 0 Å². The minimum absolute atomic E-state index is 0.0516. The van der Waals surface area contributed by atoms with Crippen molar-refractivity contribution >= 4 is 0 Å². The van der Waals surface area contributed by atoms with E-state index in [1.807, 2.05) is 13.2 Å². The third-order valence-electron chi connectivity index (χ3n) is 2.08. The molecule has 1 saturated carbocycles. The number of rotatable bonds is 2. The monoisotopic (exact) mass is 152 g/mol. The molecule has 1 aromatic heterocycles. The Hall–Kier alpha value is -0.900. The van der Waals surface area contributed by atoms with E-state index in [0.29, 0.717) is 0 Å². The second kappa shape index (κ2) is 2.04. The molecule has 0 aromatic carbocycles. The summed E-state index contributed by atoms with van der Waals surface area (Å²) in [4.78, 5) is 0. The van der Waals surface area contributed by atoms with Gasteiger partial charge in [0.1, 0.15) is 0 Å². The number of nitrogens with zero attached hydrogens (tertiary/aromatic N) is 3. The Morgan fingerprint density at radius 1 is 1.73 bits per heavy atom. The van der Waals surface area contributed by atoms with Crippen molar-refractivity contribution in [2.75, 3.05) is 0 Å². The van der Waals surface area contributed by atoms with Crippen molar-refractivity contribution in [2.24, 2.45) is 12.8 Å². The van der Waals surface area contributed by atoms with Crippen LogP contribution in [0.15, 0.2) is 6.20 Å². The number of hydrogen-bond donors (Lipinski definition) is 1. The van der Waals surface area contributed by atoms with Crippen molar-refractivity contribution in [2.45, 2.75) is 24.8 Å². The Morgan fingerprint density at radius 2 is 2.45 bits per heavy atom. The van der Waals surface area contributed by atoms with E-state index in [-0.39, 0.29) is 5.54 Å². The second-order valence-corrected chi connectivity index (χ2v) is 3.42. The number of aromatic nitrogens is 3. The molecular weight excluding hydrogens is 140 g/mol. The van der Waals surface area contributed by atoms with Crippen LogP contribution in [0.4, 0.5) is 0 Å². The summed E-state index contributed by atoms with van der Waals surface area (Å²) in [6.07, 6.45) is 5.06. The third kappa shape index (κ3) is 1.40. The number of hydrogen-bond acceptors (Lipinski definition) is 3. The van der Waals surface area contributed by atoms with E-state index in [1.54, 1.807) is 4.68 Å². The zero-order valence-corrected chi connectivity index (χ0v) is 6.62. The maximum absolute atomic E-state index is 5.91. The fourth-order valence-corrected chi connectivity index (χ4v) is 1.17. The van der Waals surface area contributed by atoms with Crippen molar-refractivity contribution in [1.82, 2.24) is 15.0 Å². The van der Waals surface area contributed by atoms with Crippen LogP contribution < -0.4 is 5.73 Å². The smallest absolute Gasteiger partial charge is 0.0845 e. The fourth-order valence-electron chi connectivity index (χ4n) is 1.17. The summed E-state index contributed by atoms with van der Waals surface area (Å²) in [5, 5.41) is 7.81. The van der Waals surface area contributed by atoms with E-state index in [4.69, 9.17) is 5.73 Å². The zero-order chi connectivity index (χ0) is 7.90. The van der Waals surface area contributed by atoms with E-state index >= 15 is 0 Å². The lowest BCUT2D eigenvalue weighted by Gasteiger charge is -2.02. The molecule has 1 heterocycles. The lowest BCUT2D eigenvalue weighted by atomic mass is 10.1. The molecule has 0 atom stereocenters. The van der Waals surface area contributed by atoms with Gasteiger partial charge in [-0.15, -0.1) is 5.10 Å². The Balaban J connectivity index is 2.06. The highest BCUT2D eigenvalue weighted by molar-refractivity contribution is 5.09. The van der Waals surface area contributed by atoms with E-state index in [9.17, 15) is 0 Å². The van der Waals surface area contributed by atoms with Crippen molar-refractivity contribution in [3.8, 4) is 0 Å². The molecule has 11 heavy (non-hydrogen) atoms. The van der Waals surface area contributed by atoms with E-state index in [0.717, 1.165) is 25.0 Å². The normalized spacial score (nSPS) is 20.2. The van der Waals surface area contributed by atoms with Crippen LogP contribution in [0, 0.1) is 0 Å². The van der Waals surface area contributed by atoms with Crippen LogP contribution in [-0.2, 0) is 13.5 Å². The molecule has 1 aliphatic carbocycles. The molecule has 0 saturated heterocycles. The molecule has 0 aliphatic heterocycles. The second-order valence-electron chi connectivity index (χ2n) is 3.42. The lowest BCUT2D eigenvalue weighted by Crippen LogP contribution is -2.24. The first-order valence-corrected chi connectivity index (χ1v) is 3.82. The van der Waals surface area contributed by atoms with Gasteiger partial charge in [0, 0.05) is 25.2 Å². The standard InChI is InChI=1S/C7H12N4/c1-11-5-6(9-10-11)4-7(8)2-3-7/h5H,2-4,8H2,1H3. The van der Waals surface area contributed by atoms with Gasteiger partial charge >= 0.3 is 0 Å². The van der Waals surface area contributed by atoms with E-state index in [1.165, 1.54) is 0 Å². The summed E-state index contributed by atoms with van der Waals surface area (Å²) < 4.78 is 1.71. The average molecular weight is 152 g/mol. The number of aryl methyl sites for hydroxylation is 1. The van der Waals surface area contributed by atoms with Crippen molar-refractivity contribution in [1.29, 1.82) is 0 Å². The predicted octanol–water partition coefficient (Wildman–Crippen LogP) is -0.151. The Bertz CT molecular complexity index is 261. The van der Waals surface area contributed by atoms with E-state index < -0.39 is 0 Å². The van der Waals surface area contributed by atoms with Gasteiger partial charge in [0.05, 0.1) is 5.69 Å². The zero-order valence-electron chi connectivity index (χ0n) is 6.62. The van der Waals surface area contributed by atoms with Gasteiger partial charge in [0.25, 0.3) is 0 Å². The molecule has 1 fully saturated rings. The highest BCUT2D eigenvalue weighted by Crippen LogP contribution is 2.34. The molecule has 1 aliphatic rings. The fraction of sp³-hybridized carbons (Fsp3) is 0.714. The largest absolute Gasteiger partial charge is 0.325 e. The molecule has 4 nitrogen and oxygen atoms in total. The summed E-state index contributed by atoms with van der Waals surface area (Å²) in [7, 11) is 1.87. The molecule has 0 radical (unpaired) electrons. The maximum atomic E-state index is 5.91. The van der Waals surface area contributed by atoms with Crippen LogP contribution in [-0.4, -0.2) is 20.5 Å². The molecule has 0 spiro atoms. The quantitative estimate of drug-likeness (QED) is 0.641. The number of nitrogens with two attached hydrogens (primary N) is 1. The Labute approximate surface area is 65.4 Å². The van der Waals surface area contributed by atoms with Crippen molar-refractivity contribution in [3.63, 3.8) is 0 Å². The summed E-state index contributed by atoms with van der Waals surface area (Å²) in [6.45, 7) is 0. The molecule has 1 aromatic rings. The van der Waals surface area contributed by atoms with Crippen LogP contribution in [0.5, 0.6) is 0 Å². The summed E-state index contributed by atoms with van der Waals surface area (Å²) in [5.74, 6) is 0. The predicted molar refractivity (Wildman–Crippen MR) is 40.9 cm³/mol. The first kappa shape index (κ1) is 6.79. The van der Waals surface area contributed by atoms with Gasteiger partial charge in [-0.1, -0.05) is 5.21 Å². The van der Waals surface area contributed by atoms with Crippen LogP contribution in [0.25, 0.3) is 0 Å². The molecule has 0 unspecified atom stereocenters. The third-order valence-corrected chi connectivity index (χ3v) is 2.08.